The van der Waals surface area contributed by atoms with Crippen LogP contribution in [0.15, 0.2) is 36.4 Å². The lowest BCUT2D eigenvalue weighted by Crippen LogP contribution is -2.27. The molecule has 1 saturated heterocycles. The fraction of sp³-hybridized carbons (Fsp3) is 0.412. The number of benzene rings is 2. The van der Waals surface area contributed by atoms with Crippen molar-refractivity contribution in [2.45, 2.75) is 19.4 Å². The first-order valence-corrected chi connectivity index (χ1v) is 7.32. The fourth-order valence-electron chi connectivity index (χ4n) is 2.86. The standard InChI is InChI=1S/C17H21NO2/c19-17-6-5-14-3-1-2-4-15(14)16(17)12-18-11-13-7-9-20-10-8-13/h1-6,13,18-19H,7-12H2. The average molecular weight is 271 g/mol. The number of aromatic hydroxyl groups is 1. The molecule has 0 saturated carbocycles. The van der Waals surface area contributed by atoms with Gasteiger partial charge in [-0.3, -0.25) is 0 Å². The quantitative estimate of drug-likeness (QED) is 0.898. The van der Waals surface area contributed by atoms with E-state index >= 15 is 0 Å². The summed E-state index contributed by atoms with van der Waals surface area (Å²) in [6.07, 6.45) is 2.27. The van der Waals surface area contributed by atoms with Crippen molar-refractivity contribution in [3.63, 3.8) is 0 Å². The number of rotatable bonds is 4. The van der Waals surface area contributed by atoms with Crippen molar-refractivity contribution in [2.75, 3.05) is 19.8 Å². The summed E-state index contributed by atoms with van der Waals surface area (Å²) in [7, 11) is 0. The number of hydrogen-bond donors (Lipinski definition) is 2. The minimum Gasteiger partial charge on any atom is -0.508 e. The van der Waals surface area contributed by atoms with Gasteiger partial charge in [0.15, 0.2) is 0 Å². The maximum absolute atomic E-state index is 10.1. The Morgan fingerprint density at radius 2 is 1.90 bits per heavy atom. The highest BCUT2D eigenvalue weighted by Gasteiger charge is 2.13. The lowest BCUT2D eigenvalue weighted by Gasteiger charge is -2.22. The zero-order valence-electron chi connectivity index (χ0n) is 11.6. The van der Waals surface area contributed by atoms with Crippen molar-refractivity contribution in [2.24, 2.45) is 5.92 Å². The van der Waals surface area contributed by atoms with E-state index in [0.29, 0.717) is 18.2 Å². The molecule has 0 aromatic heterocycles. The van der Waals surface area contributed by atoms with E-state index in [4.69, 9.17) is 4.74 Å². The molecule has 3 nitrogen and oxygen atoms in total. The van der Waals surface area contributed by atoms with Crippen molar-refractivity contribution in [3.8, 4) is 5.75 Å². The lowest BCUT2D eigenvalue weighted by molar-refractivity contribution is 0.0662. The summed E-state index contributed by atoms with van der Waals surface area (Å²) in [5.41, 5.74) is 0.996. The van der Waals surface area contributed by atoms with Gasteiger partial charge in [0.1, 0.15) is 5.75 Å². The number of ether oxygens (including phenoxy) is 1. The molecule has 3 rings (SSSR count). The molecule has 0 aliphatic carbocycles. The molecule has 0 amide bonds. The number of hydrogen-bond acceptors (Lipinski definition) is 3. The Kier molecular flexibility index (Phi) is 4.19. The van der Waals surface area contributed by atoms with Crippen LogP contribution in [0.3, 0.4) is 0 Å². The number of phenolic OH excluding ortho intramolecular Hbond substituents is 1. The van der Waals surface area contributed by atoms with Crippen LogP contribution in [-0.4, -0.2) is 24.9 Å². The molecule has 106 valence electrons. The molecule has 0 unspecified atom stereocenters. The second kappa shape index (κ2) is 6.25. The third kappa shape index (κ3) is 2.94. The van der Waals surface area contributed by atoms with Gasteiger partial charge in [-0.2, -0.15) is 0 Å². The van der Waals surface area contributed by atoms with Gasteiger partial charge >= 0.3 is 0 Å². The van der Waals surface area contributed by atoms with Gasteiger partial charge in [0.05, 0.1) is 0 Å². The summed E-state index contributed by atoms with van der Waals surface area (Å²) in [5.74, 6) is 1.07. The first-order valence-electron chi connectivity index (χ1n) is 7.32. The van der Waals surface area contributed by atoms with Crippen LogP contribution in [0.2, 0.25) is 0 Å². The minimum absolute atomic E-state index is 0.378. The summed E-state index contributed by atoms with van der Waals surface area (Å²) in [6, 6.07) is 11.9. The molecule has 2 N–H and O–H groups in total. The van der Waals surface area contributed by atoms with Gasteiger partial charge in [-0.15, -0.1) is 0 Å². The van der Waals surface area contributed by atoms with Crippen molar-refractivity contribution < 1.29 is 9.84 Å². The third-order valence-corrected chi connectivity index (χ3v) is 4.09. The van der Waals surface area contributed by atoms with Gasteiger partial charge < -0.3 is 15.2 Å². The molecular formula is C17H21NO2. The van der Waals surface area contributed by atoms with Crippen molar-refractivity contribution in [3.05, 3.63) is 42.0 Å². The molecule has 1 fully saturated rings. The van der Waals surface area contributed by atoms with E-state index in [1.165, 1.54) is 5.39 Å². The highest BCUT2D eigenvalue weighted by molar-refractivity contribution is 5.87. The van der Waals surface area contributed by atoms with E-state index in [2.05, 4.69) is 17.4 Å². The molecule has 1 aliphatic rings. The summed E-state index contributed by atoms with van der Waals surface area (Å²) < 4.78 is 5.37. The van der Waals surface area contributed by atoms with E-state index in [9.17, 15) is 5.11 Å². The molecule has 20 heavy (non-hydrogen) atoms. The van der Waals surface area contributed by atoms with Gasteiger partial charge in [-0.05, 0) is 42.1 Å². The largest absolute Gasteiger partial charge is 0.508 e. The van der Waals surface area contributed by atoms with Crippen LogP contribution >= 0.6 is 0 Å². The van der Waals surface area contributed by atoms with Crippen LogP contribution in [-0.2, 0) is 11.3 Å². The molecule has 1 heterocycles. The Bertz CT molecular complexity index is 576. The van der Waals surface area contributed by atoms with Crippen LogP contribution in [0.25, 0.3) is 10.8 Å². The molecule has 1 aliphatic heterocycles. The number of fused-ring (bicyclic) bond motifs is 1. The molecule has 2 aromatic carbocycles. The predicted octanol–water partition coefficient (Wildman–Crippen LogP) is 3.06. The van der Waals surface area contributed by atoms with Crippen LogP contribution in [0.4, 0.5) is 0 Å². The van der Waals surface area contributed by atoms with E-state index in [-0.39, 0.29) is 0 Å². The third-order valence-electron chi connectivity index (χ3n) is 4.09. The molecule has 0 radical (unpaired) electrons. The first-order chi connectivity index (χ1) is 9.84. The minimum atomic E-state index is 0.378. The van der Waals surface area contributed by atoms with E-state index in [0.717, 1.165) is 43.5 Å². The smallest absolute Gasteiger partial charge is 0.120 e. The maximum atomic E-state index is 10.1. The average Bonchev–Trinajstić information content (AvgIpc) is 2.50. The Labute approximate surface area is 119 Å². The topological polar surface area (TPSA) is 41.5 Å². The van der Waals surface area contributed by atoms with Crippen molar-refractivity contribution in [1.29, 1.82) is 0 Å². The zero-order valence-corrected chi connectivity index (χ0v) is 11.6. The predicted molar refractivity (Wildman–Crippen MR) is 80.9 cm³/mol. The van der Waals surface area contributed by atoms with Crippen molar-refractivity contribution >= 4 is 10.8 Å². The maximum Gasteiger partial charge on any atom is 0.120 e. The summed E-state index contributed by atoms with van der Waals surface area (Å²) in [4.78, 5) is 0. The highest BCUT2D eigenvalue weighted by atomic mass is 16.5. The summed E-state index contributed by atoms with van der Waals surface area (Å²) >= 11 is 0. The number of nitrogens with one attached hydrogen (secondary N) is 1. The molecule has 0 atom stereocenters. The second-order valence-electron chi connectivity index (χ2n) is 5.47. The van der Waals surface area contributed by atoms with Crippen LogP contribution in [0.5, 0.6) is 5.75 Å². The van der Waals surface area contributed by atoms with Crippen LogP contribution in [0, 0.1) is 5.92 Å². The summed E-state index contributed by atoms with van der Waals surface area (Å²) in [6.45, 7) is 3.47. The van der Waals surface area contributed by atoms with Crippen molar-refractivity contribution in [1.82, 2.24) is 5.32 Å². The van der Waals surface area contributed by atoms with Gasteiger partial charge in [-0.1, -0.05) is 30.3 Å². The molecule has 3 heteroatoms. The SMILES string of the molecule is Oc1ccc2ccccc2c1CNCC1CCOCC1. The van der Waals surface area contributed by atoms with Gasteiger partial charge in [0.2, 0.25) is 0 Å². The molecule has 0 bridgehead atoms. The van der Waals surface area contributed by atoms with Gasteiger partial charge in [-0.25, -0.2) is 0 Å². The summed E-state index contributed by atoms with van der Waals surface area (Å²) in [5, 5.41) is 15.9. The monoisotopic (exact) mass is 271 g/mol. The Hall–Kier alpha value is -1.58. The highest BCUT2D eigenvalue weighted by Crippen LogP contribution is 2.27. The number of phenols is 1. The zero-order chi connectivity index (χ0) is 13.8. The molecule has 0 spiro atoms. The van der Waals surface area contributed by atoms with E-state index in [1.807, 2.05) is 18.2 Å². The Balaban J connectivity index is 1.68. The fourth-order valence-corrected chi connectivity index (χ4v) is 2.86. The van der Waals surface area contributed by atoms with Crippen LogP contribution < -0.4 is 5.32 Å². The first kappa shape index (κ1) is 13.4. The Morgan fingerprint density at radius 3 is 2.75 bits per heavy atom. The Morgan fingerprint density at radius 1 is 1.10 bits per heavy atom. The van der Waals surface area contributed by atoms with Gasteiger partial charge in [0.25, 0.3) is 0 Å². The lowest BCUT2D eigenvalue weighted by atomic mass is 9.99. The van der Waals surface area contributed by atoms with E-state index in [1.54, 1.807) is 6.07 Å². The molecular weight excluding hydrogens is 250 g/mol. The molecule has 2 aromatic rings. The normalized spacial score (nSPS) is 16.6. The van der Waals surface area contributed by atoms with E-state index < -0.39 is 0 Å². The van der Waals surface area contributed by atoms with Gasteiger partial charge in [0, 0.05) is 25.3 Å². The van der Waals surface area contributed by atoms with Crippen LogP contribution in [0.1, 0.15) is 18.4 Å². The second-order valence-corrected chi connectivity index (χ2v) is 5.47.